The molecule has 5 nitrogen and oxygen atoms in total. The molecular formula is C20H23N3O2S. The molecule has 1 N–H and O–H groups in total. The molecule has 0 bridgehead atoms. The number of hydrogen-bond donors (Lipinski definition) is 1. The topological polar surface area (TPSA) is 44.8 Å². The van der Waals surface area contributed by atoms with Gasteiger partial charge in [0.25, 0.3) is 0 Å². The van der Waals surface area contributed by atoms with Gasteiger partial charge >= 0.3 is 0 Å². The smallest absolute Gasteiger partial charge is 0.173 e. The Bertz CT molecular complexity index is 801. The van der Waals surface area contributed by atoms with Crippen LogP contribution in [-0.2, 0) is 0 Å². The number of nitrogens with zero attached hydrogens (tertiary/aromatic N) is 2. The number of nitrogens with one attached hydrogen (secondary N) is 1. The van der Waals surface area contributed by atoms with E-state index in [4.69, 9.17) is 17.0 Å². The molecule has 0 atom stereocenters. The number of piperazine rings is 1. The monoisotopic (exact) mass is 369 g/mol. The zero-order valence-corrected chi connectivity index (χ0v) is 15.9. The highest BCUT2D eigenvalue weighted by molar-refractivity contribution is 7.80. The van der Waals surface area contributed by atoms with Gasteiger partial charge in [-0.2, -0.15) is 0 Å². The molecule has 0 amide bonds. The lowest BCUT2D eigenvalue weighted by Gasteiger charge is -2.37. The first-order chi connectivity index (χ1) is 12.6. The van der Waals surface area contributed by atoms with Crippen LogP contribution in [0.15, 0.2) is 48.5 Å². The summed E-state index contributed by atoms with van der Waals surface area (Å²) in [7, 11) is 1.70. The molecule has 6 heteroatoms. The van der Waals surface area contributed by atoms with Crippen molar-refractivity contribution in [2.24, 2.45) is 0 Å². The Labute approximate surface area is 159 Å². The molecule has 1 saturated heterocycles. The number of thiocarbonyl (C=S) groups is 1. The van der Waals surface area contributed by atoms with E-state index in [1.54, 1.807) is 14.0 Å². The Balaban J connectivity index is 1.60. The summed E-state index contributed by atoms with van der Waals surface area (Å²) in [6.45, 7) is 4.96. The number of ether oxygens (including phenoxy) is 1. The highest BCUT2D eigenvalue weighted by atomic mass is 32.1. The van der Waals surface area contributed by atoms with Gasteiger partial charge in [0.2, 0.25) is 0 Å². The van der Waals surface area contributed by atoms with Crippen LogP contribution in [0.25, 0.3) is 0 Å². The number of methoxy groups -OCH3 is 1. The molecule has 136 valence electrons. The average molecular weight is 369 g/mol. The van der Waals surface area contributed by atoms with Gasteiger partial charge in [0.05, 0.1) is 12.8 Å². The van der Waals surface area contributed by atoms with Gasteiger partial charge < -0.3 is 19.9 Å². The Morgan fingerprint density at radius 2 is 1.81 bits per heavy atom. The van der Waals surface area contributed by atoms with E-state index in [1.807, 2.05) is 42.5 Å². The first kappa shape index (κ1) is 18.2. The van der Waals surface area contributed by atoms with E-state index in [-0.39, 0.29) is 5.78 Å². The molecule has 0 aromatic heterocycles. The second kappa shape index (κ2) is 8.19. The molecule has 0 radical (unpaired) electrons. The minimum atomic E-state index is 0.0463. The third-order valence-corrected chi connectivity index (χ3v) is 4.87. The third kappa shape index (κ3) is 4.14. The Hall–Kier alpha value is -2.60. The molecule has 1 aliphatic rings. The van der Waals surface area contributed by atoms with Crippen molar-refractivity contribution in [1.82, 2.24) is 4.90 Å². The van der Waals surface area contributed by atoms with Crippen LogP contribution in [0.1, 0.15) is 17.3 Å². The van der Waals surface area contributed by atoms with Crippen molar-refractivity contribution in [2.75, 3.05) is 43.5 Å². The molecule has 0 spiro atoms. The SMILES string of the molecule is COc1ccccc1N1CCN(C(=S)Nc2cccc(C(C)=O)c2)CC1. The van der Waals surface area contributed by atoms with Gasteiger partial charge in [-0.15, -0.1) is 0 Å². The fourth-order valence-corrected chi connectivity index (χ4v) is 3.36. The summed E-state index contributed by atoms with van der Waals surface area (Å²) in [6.07, 6.45) is 0. The molecule has 2 aromatic rings. The van der Waals surface area contributed by atoms with E-state index >= 15 is 0 Å². The number of para-hydroxylation sites is 2. The van der Waals surface area contributed by atoms with Crippen molar-refractivity contribution in [2.45, 2.75) is 6.92 Å². The summed E-state index contributed by atoms with van der Waals surface area (Å²) >= 11 is 5.56. The fourth-order valence-electron chi connectivity index (χ4n) is 3.06. The summed E-state index contributed by atoms with van der Waals surface area (Å²) in [6, 6.07) is 15.5. The fraction of sp³-hybridized carbons (Fsp3) is 0.300. The van der Waals surface area contributed by atoms with Gasteiger partial charge in [-0.1, -0.05) is 24.3 Å². The van der Waals surface area contributed by atoms with Crippen molar-refractivity contribution in [3.8, 4) is 5.75 Å². The Morgan fingerprint density at radius 3 is 2.50 bits per heavy atom. The van der Waals surface area contributed by atoms with E-state index in [0.717, 1.165) is 43.3 Å². The van der Waals surface area contributed by atoms with Crippen LogP contribution >= 0.6 is 12.2 Å². The van der Waals surface area contributed by atoms with Crippen LogP contribution in [0.5, 0.6) is 5.75 Å². The number of carbonyl (C=O) groups excluding carboxylic acids is 1. The highest BCUT2D eigenvalue weighted by Gasteiger charge is 2.21. The van der Waals surface area contributed by atoms with Crippen LogP contribution in [0.2, 0.25) is 0 Å². The van der Waals surface area contributed by atoms with E-state index in [0.29, 0.717) is 10.7 Å². The standard InChI is InChI=1S/C20H23N3O2S/c1-15(24)16-6-5-7-17(14-16)21-20(26)23-12-10-22(11-13-23)18-8-3-4-9-19(18)25-2/h3-9,14H,10-13H2,1-2H3,(H,21,26). The van der Waals surface area contributed by atoms with Crippen molar-refractivity contribution < 1.29 is 9.53 Å². The Kier molecular flexibility index (Phi) is 5.73. The maximum atomic E-state index is 11.5. The van der Waals surface area contributed by atoms with E-state index in [9.17, 15) is 4.79 Å². The second-order valence-electron chi connectivity index (χ2n) is 6.21. The molecule has 0 aliphatic carbocycles. The minimum Gasteiger partial charge on any atom is -0.495 e. The number of benzene rings is 2. The van der Waals surface area contributed by atoms with E-state index in [1.165, 1.54) is 0 Å². The largest absolute Gasteiger partial charge is 0.495 e. The maximum Gasteiger partial charge on any atom is 0.173 e. The predicted octanol–water partition coefficient (Wildman–Crippen LogP) is 3.42. The molecule has 3 rings (SSSR count). The molecule has 0 unspecified atom stereocenters. The summed E-state index contributed by atoms with van der Waals surface area (Å²) in [5.74, 6) is 0.938. The number of hydrogen-bond acceptors (Lipinski definition) is 4. The van der Waals surface area contributed by atoms with Crippen LogP contribution in [0.4, 0.5) is 11.4 Å². The average Bonchev–Trinajstić information content (AvgIpc) is 2.68. The molecule has 1 aliphatic heterocycles. The first-order valence-corrected chi connectivity index (χ1v) is 9.04. The molecule has 1 heterocycles. The summed E-state index contributed by atoms with van der Waals surface area (Å²) in [5, 5.41) is 3.93. The summed E-state index contributed by atoms with van der Waals surface area (Å²) in [4.78, 5) is 16.0. The van der Waals surface area contributed by atoms with Gasteiger partial charge in [-0.05, 0) is 43.4 Å². The van der Waals surface area contributed by atoms with Crippen LogP contribution in [0.3, 0.4) is 0 Å². The second-order valence-corrected chi connectivity index (χ2v) is 6.60. The van der Waals surface area contributed by atoms with Crippen molar-refractivity contribution in [1.29, 1.82) is 0 Å². The van der Waals surface area contributed by atoms with E-state index in [2.05, 4.69) is 21.2 Å². The van der Waals surface area contributed by atoms with Crippen LogP contribution in [-0.4, -0.2) is 49.1 Å². The van der Waals surface area contributed by atoms with Gasteiger partial charge in [0.1, 0.15) is 5.75 Å². The van der Waals surface area contributed by atoms with Crippen LogP contribution < -0.4 is 15.0 Å². The van der Waals surface area contributed by atoms with Gasteiger partial charge in [0, 0.05) is 37.4 Å². The lowest BCUT2D eigenvalue weighted by atomic mass is 10.1. The lowest BCUT2D eigenvalue weighted by molar-refractivity contribution is 0.101. The molecule has 1 fully saturated rings. The van der Waals surface area contributed by atoms with Crippen molar-refractivity contribution in [3.63, 3.8) is 0 Å². The number of carbonyl (C=O) groups is 1. The quantitative estimate of drug-likeness (QED) is 0.658. The zero-order chi connectivity index (χ0) is 18.5. The first-order valence-electron chi connectivity index (χ1n) is 8.63. The van der Waals surface area contributed by atoms with Crippen molar-refractivity contribution >= 4 is 34.5 Å². The number of Topliss-reactive ketones (excluding diaryl/α,β-unsaturated/α-hetero) is 1. The summed E-state index contributed by atoms with van der Waals surface area (Å²) in [5.41, 5.74) is 2.64. The number of ketones is 1. The van der Waals surface area contributed by atoms with E-state index < -0.39 is 0 Å². The maximum absolute atomic E-state index is 11.5. The normalized spacial score (nSPS) is 14.1. The summed E-state index contributed by atoms with van der Waals surface area (Å²) < 4.78 is 5.46. The molecule has 0 saturated carbocycles. The number of anilines is 2. The predicted molar refractivity (Wildman–Crippen MR) is 109 cm³/mol. The third-order valence-electron chi connectivity index (χ3n) is 4.51. The molecule has 2 aromatic carbocycles. The molecule has 26 heavy (non-hydrogen) atoms. The van der Waals surface area contributed by atoms with Crippen LogP contribution in [0, 0.1) is 0 Å². The zero-order valence-electron chi connectivity index (χ0n) is 15.1. The molecular weight excluding hydrogens is 346 g/mol. The number of rotatable bonds is 4. The minimum absolute atomic E-state index is 0.0463. The van der Waals surface area contributed by atoms with Gasteiger partial charge in [-0.25, -0.2) is 0 Å². The lowest BCUT2D eigenvalue weighted by Crippen LogP contribution is -2.50. The Morgan fingerprint density at radius 1 is 1.08 bits per heavy atom. The highest BCUT2D eigenvalue weighted by Crippen LogP contribution is 2.28. The van der Waals surface area contributed by atoms with Gasteiger partial charge in [-0.3, -0.25) is 4.79 Å². The van der Waals surface area contributed by atoms with Crippen molar-refractivity contribution in [3.05, 3.63) is 54.1 Å². The van der Waals surface area contributed by atoms with Gasteiger partial charge in [0.15, 0.2) is 10.9 Å².